The van der Waals surface area contributed by atoms with Crippen molar-refractivity contribution in [3.05, 3.63) is 86.9 Å². The number of nitrogens with zero attached hydrogens (tertiary/aromatic N) is 1. The third-order valence-electron chi connectivity index (χ3n) is 5.30. The molecular weight excluding hydrogens is 540 g/mol. The normalized spacial score (nSPS) is 16.0. The number of anilines is 1. The zero-order valence-electron chi connectivity index (χ0n) is 17.9. The number of nitrogens with one attached hydrogen (secondary N) is 1. The van der Waals surface area contributed by atoms with E-state index in [4.69, 9.17) is 25.8 Å². The van der Waals surface area contributed by atoms with Gasteiger partial charge in [-0.05, 0) is 54.1 Å². The summed E-state index contributed by atoms with van der Waals surface area (Å²) in [6.07, 6.45) is 1.39. The number of hydrogen-bond donors (Lipinski definition) is 1. The number of rotatable bonds is 5. The molecule has 2 aliphatic rings. The van der Waals surface area contributed by atoms with Crippen LogP contribution in [0, 0.1) is 0 Å². The molecule has 0 unspecified atom stereocenters. The van der Waals surface area contributed by atoms with Gasteiger partial charge >= 0.3 is 6.03 Å². The lowest BCUT2D eigenvalue weighted by Gasteiger charge is -2.26. The number of benzene rings is 3. The van der Waals surface area contributed by atoms with E-state index in [2.05, 4.69) is 21.2 Å². The molecule has 8 nitrogen and oxygen atoms in total. The first-order chi connectivity index (χ1) is 16.9. The summed E-state index contributed by atoms with van der Waals surface area (Å²) in [7, 11) is 0. The number of amides is 4. The summed E-state index contributed by atoms with van der Waals surface area (Å²) in [5.41, 5.74) is 1.38. The standard InChI is InChI=1S/C25H16BrClN2O6/c26-16-3-7-20(33-12-14-1-4-17(27)5-2-14)15(9-16)10-19-23(30)28-25(32)29(24(19)31)18-6-8-21-22(11-18)35-13-34-21/h1-11H,12-13H2,(H,28,30,32)/b19-10+. The summed E-state index contributed by atoms with van der Waals surface area (Å²) in [6.45, 7) is 0.293. The number of halogens is 2. The van der Waals surface area contributed by atoms with Crippen LogP contribution < -0.4 is 24.4 Å². The number of ether oxygens (including phenoxy) is 3. The number of imide groups is 2. The van der Waals surface area contributed by atoms with Crippen molar-refractivity contribution in [3.8, 4) is 17.2 Å². The van der Waals surface area contributed by atoms with Gasteiger partial charge in [-0.1, -0.05) is 39.7 Å². The summed E-state index contributed by atoms with van der Waals surface area (Å²) >= 11 is 9.34. The van der Waals surface area contributed by atoms with E-state index in [-0.39, 0.29) is 24.7 Å². The Bertz CT molecular complexity index is 1390. The monoisotopic (exact) mass is 554 g/mol. The largest absolute Gasteiger partial charge is 0.488 e. The highest BCUT2D eigenvalue weighted by Gasteiger charge is 2.37. The Morgan fingerprint density at radius 1 is 1.00 bits per heavy atom. The summed E-state index contributed by atoms with van der Waals surface area (Å²) in [5.74, 6) is -0.234. The fourth-order valence-electron chi connectivity index (χ4n) is 3.58. The predicted molar refractivity (Wildman–Crippen MR) is 131 cm³/mol. The molecule has 0 aromatic heterocycles. The maximum absolute atomic E-state index is 13.3. The Hall–Kier alpha value is -3.82. The molecule has 3 aromatic carbocycles. The van der Waals surface area contributed by atoms with Gasteiger partial charge in [0.05, 0.1) is 5.69 Å². The van der Waals surface area contributed by atoms with Crippen LogP contribution in [0.5, 0.6) is 17.2 Å². The number of barbiturate groups is 1. The fourth-order valence-corrected chi connectivity index (χ4v) is 4.08. The van der Waals surface area contributed by atoms with Crippen molar-refractivity contribution < 1.29 is 28.6 Å². The van der Waals surface area contributed by atoms with Crippen molar-refractivity contribution in [2.24, 2.45) is 0 Å². The van der Waals surface area contributed by atoms with Crippen molar-refractivity contribution in [2.45, 2.75) is 6.61 Å². The highest BCUT2D eigenvalue weighted by molar-refractivity contribution is 9.10. The molecule has 10 heteroatoms. The molecule has 0 aliphatic carbocycles. The van der Waals surface area contributed by atoms with Crippen LogP contribution in [0.3, 0.4) is 0 Å². The van der Waals surface area contributed by atoms with Gasteiger partial charge in [0, 0.05) is 21.1 Å². The second-order valence-corrected chi connectivity index (χ2v) is 8.94. The van der Waals surface area contributed by atoms with E-state index in [9.17, 15) is 14.4 Å². The van der Waals surface area contributed by atoms with E-state index in [0.29, 0.717) is 27.8 Å². The zero-order valence-corrected chi connectivity index (χ0v) is 20.3. The van der Waals surface area contributed by atoms with Gasteiger partial charge in [-0.25, -0.2) is 9.69 Å². The van der Waals surface area contributed by atoms with E-state index >= 15 is 0 Å². The lowest BCUT2D eigenvalue weighted by Crippen LogP contribution is -2.54. The average molecular weight is 556 g/mol. The van der Waals surface area contributed by atoms with E-state index in [0.717, 1.165) is 14.9 Å². The number of hydrogen-bond acceptors (Lipinski definition) is 6. The van der Waals surface area contributed by atoms with Gasteiger partial charge in [0.25, 0.3) is 11.8 Å². The molecule has 35 heavy (non-hydrogen) atoms. The molecule has 3 aromatic rings. The Labute approximate surface area is 213 Å². The van der Waals surface area contributed by atoms with Crippen LogP contribution >= 0.6 is 27.5 Å². The second kappa shape index (κ2) is 9.44. The van der Waals surface area contributed by atoms with Crippen LogP contribution in [0.4, 0.5) is 10.5 Å². The van der Waals surface area contributed by atoms with E-state index < -0.39 is 17.8 Å². The smallest absolute Gasteiger partial charge is 0.335 e. The van der Waals surface area contributed by atoms with Gasteiger partial charge in [0.1, 0.15) is 17.9 Å². The molecule has 1 saturated heterocycles. The molecule has 4 amide bonds. The number of fused-ring (bicyclic) bond motifs is 1. The Balaban J connectivity index is 1.46. The predicted octanol–water partition coefficient (Wildman–Crippen LogP) is 5.08. The second-order valence-electron chi connectivity index (χ2n) is 7.59. The van der Waals surface area contributed by atoms with E-state index in [1.54, 1.807) is 36.4 Å². The molecule has 176 valence electrons. The molecule has 0 atom stereocenters. The summed E-state index contributed by atoms with van der Waals surface area (Å²) in [5, 5.41) is 2.83. The highest BCUT2D eigenvalue weighted by Crippen LogP contribution is 2.36. The van der Waals surface area contributed by atoms with Gasteiger partial charge in [-0.15, -0.1) is 0 Å². The summed E-state index contributed by atoms with van der Waals surface area (Å²) < 4.78 is 17.3. The topological polar surface area (TPSA) is 94.2 Å². The SMILES string of the molecule is O=C1NC(=O)N(c2ccc3c(c2)OCO3)C(=O)/C1=C/c1cc(Br)ccc1OCc1ccc(Cl)cc1. The minimum absolute atomic E-state index is 0.0459. The van der Waals surface area contributed by atoms with Crippen molar-refractivity contribution in [1.82, 2.24) is 5.32 Å². The van der Waals surface area contributed by atoms with Gasteiger partial charge < -0.3 is 14.2 Å². The minimum atomic E-state index is -0.857. The molecule has 1 fully saturated rings. The van der Waals surface area contributed by atoms with Crippen LogP contribution in [0.15, 0.2) is 70.7 Å². The molecular formula is C25H16BrClN2O6. The van der Waals surface area contributed by atoms with Crippen molar-refractivity contribution >= 4 is 57.1 Å². The zero-order chi connectivity index (χ0) is 24.5. The molecule has 0 saturated carbocycles. The average Bonchev–Trinajstić information content (AvgIpc) is 3.30. The van der Waals surface area contributed by atoms with Gasteiger partial charge in [0.2, 0.25) is 6.79 Å². The minimum Gasteiger partial charge on any atom is -0.488 e. The third-order valence-corrected chi connectivity index (χ3v) is 6.04. The molecule has 1 N–H and O–H groups in total. The highest BCUT2D eigenvalue weighted by atomic mass is 79.9. The molecule has 0 spiro atoms. The van der Waals surface area contributed by atoms with Gasteiger partial charge in [0.15, 0.2) is 11.5 Å². The van der Waals surface area contributed by atoms with Crippen molar-refractivity contribution in [1.29, 1.82) is 0 Å². The quantitative estimate of drug-likeness (QED) is 0.349. The summed E-state index contributed by atoms with van der Waals surface area (Å²) in [6, 6.07) is 16.2. The number of urea groups is 1. The van der Waals surface area contributed by atoms with E-state index in [1.807, 2.05) is 12.1 Å². The molecule has 2 aliphatic heterocycles. The fraction of sp³-hybridized carbons (Fsp3) is 0.0800. The lowest BCUT2D eigenvalue weighted by molar-refractivity contribution is -0.122. The molecule has 5 rings (SSSR count). The van der Waals surface area contributed by atoms with Crippen LogP contribution in [-0.4, -0.2) is 24.6 Å². The first kappa shape index (κ1) is 22.9. The molecule has 2 heterocycles. The van der Waals surface area contributed by atoms with Crippen LogP contribution in [0.2, 0.25) is 5.02 Å². The van der Waals surface area contributed by atoms with Crippen molar-refractivity contribution in [2.75, 3.05) is 11.7 Å². The first-order valence-electron chi connectivity index (χ1n) is 10.4. The maximum Gasteiger partial charge on any atom is 0.335 e. The van der Waals surface area contributed by atoms with Crippen LogP contribution in [0.25, 0.3) is 6.08 Å². The third kappa shape index (κ3) is 4.73. The number of carbonyl (C=O) groups excluding carboxylic acids is 3. The molecule has 0 bridgehead atoms. The van der Waals surface area contributed by atoms with Crippen LogP contribution in [-0.2, 0) is 16.2 Å². The molecule has 0 radical (unpaired) electrons. The van der Waals surface area contributed by atoms with E-state index in [1.165, 1.54) is 18.2 Å². The number of carbonyl (C=O) groups is 3. The van der Waals surface area contributed by atoms with Crippen molar-refractivity contribution in [3.63, 3.8) is 0 Å². The Morgan fingerprint density at radius 2 is 1.77 bits per heavy atom. The first-order valence-corrected chi connectivity index (χ1v) is 11.5. The van der Waals surface area contributed by atoms with Gasteiger partial charge in [-0.2, -0.15) is 0 Å². The maximum atomic E-state index is 13.3. The Morgan fingerprint density at radius 3 is 2.57 bits per heavy atom. The summed E-state index contributed by atoms with van der Waals surface area (Å²) in [4.78, 5) is 39.4. The Kier molecular flexibility index (Phi) is 6.19. The van der Waals surface area contributed by atoms with Crippen LogP contribution in [0.1, 0.15) is 11.1 Å². The van der Waals surface area contributed by atoms with Gasteiger partial charge in [-0.3, -0.25) is 14.9 Å². The lowest BCUT2D eigenvalue weighted by atomic mass is 10.1.